The fraction of sp³-hybridized carbons (Fsp3) is 0.667. The molecule has 0 aromatic heterocycles. The number of ether oxygens (including phenoxy) is 1. The third-order valence-electron chi connectivity index (χ3n) is 7.50. The van der Waals surface area contributed by atoms with Crippen LogP contribution in [0.3, 0.4) is 0 Å². The second kappa shape index (κ2) is 10.8. The van der Waals surface area contributed by atoms with Crippen LogP contribution in [0.1, 0.15) is 77.2 Å². The summed E-state index contributed by atoms with van der Waals surface area (Å²) >= 11 is 0. The first kappa shape index (κ1) is 26.5. The number of amides is 2. The van der Waals surface area contributed by atoms with Gasteiger partial charge in [0.25, 0.3) is 0 Å². The molecule has 0 radical (unpaired) electrons. The number of piperidine rings is 2. The molecule has 1 aliphatic carbocycles. The van der Waals surface area contributed by atoms with Gasteiger partial charge in [-0.05, 0) is 96.0 Å². The molecule has 7 nitrogen and oxygen atoms in total. The van der Waals surface area contributed by atoms with E-state index in [1.807, 2.05) is 20.8 Å². The number of nitrogens with zero attached hydrogens (tertiary/aromatic N) is 1. The summed E-state index contributed by atoms with van der Waals surface area (Å²) in [6.45, 7) is 6.82. The van der Waals surface area contributed by atoms with Crippen LogP contribution in [0.4, 0.5) is 14.5 Å². The van der Waals surface area contributed by atoms with Crippen LogP contribution in [0.15, 0.2) is 18.2 Å². The highest BCUT2D eigenvalue weighted by atomic mass is 19.1. The summed E-state index contributed by atoms with van der Waals surface area (Å²) in [5.74, 6) is -1.67. The lowest BCUT2D eigenvalue weighted by Gasteiger charge is -2.42. The molecule has 2 saturated heterocycles. The predicted molar refractivity (Wildman–Crippen MR) is 132 cm³/mol. The zero-order valence-electron chi connectivity index (χ0n) is 21.3. The van der Waals surface area contributed by atoms with Gasteiger partial charge in [0.05, 0.1) is 5.92 Å². The number of esters is 1. The molecule has 2 aliphatic heterocycles. The first-order chi connectivity index (χ1) is 17.0. The van der Waals surface area contributed by atoms with Gasteiger partial charge >= 0.3 is 5.97 Å². The molecule has 1 saturated carbocycles. The number of benzene rings is 1. The quantitative estimate of drug-likeness (QED) is 0.463. The molecule has 0 spiro atoms. The smallest absolute Gasteiger partial charge is 0.309 e. The summed E-state index contributed by atoms with van der Waals surface area (Å²) < 4.78 is 35.5. The summed E-state index contributed by atoms with van der Waals surface area (Å²) in [6.07, 6.45) is 2.44. The van der Waals surface area contributed by atoms with E-state index in [1.54, 1.807) is 12.1 Å². The van der Waals surface area contributed by atoms with Crippen LogP contribution in [0.25, 0.3) is 0 Å². The third kappa shape index (κ3) is 6.41. The number of hydrogen-bond acceptors (Lipinski definition) is 6. The number of imide groups is 1. The molecule has 3 aliphatic rings. The lowest BCUT2D eigenvalue weighted by molar-refractivity contribution is -0.162. The number of halogens is 2. The molecular weight excluding hydrogens is 468 g/mol. The second-order valence-electron chi connectivity index (χ2n) is 11.3. The predicted octanol–water partition coefficient (Wildman–Crippen LogP) is 4.07. The Balaban J connectivity index is 1.29. The Hall–Kier alpha value is -2.55. The highest BCUT2D eigenvalue weighted by Crippen LogP contribution is 2.36. The van der Waals surface area contributed by atoms with E-state index in [0.29, 0.717) is 43.6 Å². The van der Waals surface area contributed by atoms with E-state index in [2.05, 4.69) is 15.5 Å². The Kier molecular flexibility index (Phi) is 7.97. The fourth-order valence-corrected chi connectivity index (χ4v) is 5.63. The Labute approximate surface area is 211 Å². The van der Waals surface area contributed by atoms with Gasteiger partial charge in [0, 0.05) is 18.2 Å². The molecule has 0 bridgehead atoms. The number of hydrogen-bond donors (Lipinski definition) is 2. The van der Waals surface area contributed by atoms with Crippen molar-refractivity contribution in [1.29, 1.82) is 0 Å². The van der Waals surface area contributed by atoms with E-state index in [-0.39, 0.29) is 42.5 Å². The van der Waals surface area contributed by atoms with Crippen LogP contribution in [0, 0.1) is 11.7 Å². The van der Waals surface area contributed by atoms with Crippen LogP contribution in [-0.4, -0.2) is 59.6 Å². The van der Waals surface area contributed by atoms with Crippen molar-refractivity contribution < 1.29 is 27.9 Å². The monoisotopic (exact) mass is 505 g/mol. The maximum absolute atomic E-state index is 15.1. The van der Waals surface area contributed by atoms with Gasteiger partial charge in [0.1, 0.15) is 23.6 Å². The van der Waals surface area contributed by atoms with Gasteiger partial charge in [-0.15, -0.1) is 0 Å². The van der Waals surface area contributed by atoms with Crippen molar-refractivity contribution in [2.45, 2.75) is 95.5 Å². The molecule has 36 heavy (non-hydrogen) atoms. The molecule has 2 amide bonds. The molecule has 2 heterocycles. The van der Waals surface area contributed by atoms with Crippen molar-refractivity contribution in [2.75, 3.05) is 18.4 Å². The SMILES string of the molecule is CC(C)(C)OC(=O)C1CCC(N2CCC(c3ccc(NC4CCC(=O)NC4=O)cc3F)CC2)C(F)C1. The molecule has 9 heteroatoms. The maximum Gasteiger partial charge on any atom is 0.309 e. The van der Waals surface area contributed by atoms with Gasteiger partial charge < -0.3 is 10.1 Å². The molecule has 1 aromatic rings. The standard InChI is InChI=1S/C27H37F2N3O4/c1-27(2,3)36-26(35)17-4-8-23(21(29)14-17)32-12-10-16(11-13-32)19-6-5-18(15-20(19)28)30-22-7-9-24(33)31-25(22)34/h5-6,15-17,21-23,30H,4,7-14H2,1-3H3,(H,31,33,34). The number of nitrogens with one attached hydrogen (secondary N) is 2. The molecule has 198 valence electrons. The van der Waals surface area contributed by atoms with Gasteiger partial charge in [-0.3, -0.25) is 24.6 Å². The van der Waals surface area contributed by atoms with Crippen LogP contribution < -0.4 is 10.6 Å². The van der Waals surface area contributed by atoms with E-state index in [9.17, 15) is 18.8 Å². The topological polar surface area (TPSA) is 87.7 Å². The largest absolute Gasteiger partial charge is 0.460 e. The van der Waals surface area contributed by atoms with Crippen LogP contribution in [-0.2, 0) is 19.1 Å². The van der Waals surface area contributed by atoms with Crippen molar-refractivity contribution in [1.82, 2.24) is 10.2 Å². The normalized spacial score (nSPS) is 28.5. The Morgan fingerprint density at radius 2 is 1.83 bits per heavy atom. The molecule has 2 N–H and O–H groups in total. The molecular formula is C27H37F2N3O4. The average molecular weight is 506 g/mol. The molecule has 3 fully saturated rings. The minimum atomic E-state index is -1.08. The number of carbonyl (C=O) groups excluding carboxylic acids is 3. The zero-order valence-corrected chi connectivity index (χ0v) is 21.3. The summed E-state index contributed by atoms with van der Waals surface area (Å²) in [4.78, 5) is 37.8. The summed E-state index contributed by atoms with van der Waals surface area (Å²) in [7, 11) is 0. The number of likely N-dealkylation sites (tertiary alicyclic amines) is 1. The lowest BCUT2D eigenvalue weighted by atomic mass is 9.82. The van der Waals surface area contributed by atoms with Gasteiger partial charge in [-0.2, -0.15) is 0 Å². The van der Waals surface area contributed by atoms with Gasteiger partial charge in [-0.25, -0.2) is 8.78 Å². The fourth-order valence-electron chi connectivity index (χ4n) is 5.63. The van der Waals surface area contributed by atoms with Crippen molar-refractivity contribution in [2.24, 2.45) is 5.92 Å². The molecule has 4 rings (SSSR count). The van der Waals surface area contributed by atoms with Gasteiger partial charge in [-0.1, -0.05) is 6.07 Å². The average Bonchev–Trinajstić information content (AvgIpc) is 2.80. The van der Waals surface area contributed by atoms with Crippen molar-refractivity contribution in [3.05, 3.63) is 29.6 Å². The van der Waals surface area contributed by atoms with E-state index in [0.717, 1.165) is 12.8 Å². The van der Waals surface area contributed by atoms with E-state index >= 15 is 4.39 Å². The number of carbonyl (C=O) groups is 3. The third-order valence-corrected chi connectivity index (χ3v) is 7.50. The van der Waals surface area contributed by atoms with E-state index in [1.165, 1.54) is 6.07 Å². The minimum absolute atomic E-state index is 0.0436. The summed E-state index contributed by atoms with van der Waals surface area (Å²) in [5.41, 5.74) is 0.565. The first-order valence-electron chi connectivity index (χ1n) is 13.0. The van der Waals surface area contributed by atoms with E-state index in [4.69, 9.17) is 4.74 Å². The lowest BCUT2D eigenvalue weighted by Crippen LogP contribution is -2.49. The van der Waals surface area contributed by atoms with Crippen molar-refractivity contribution >= 4 is 23.5 Å². The van der Waals surface area contributed by atoms with Crippen molar-refractivity contribution in [3.8, 4) is 0 Å². The van der Waals surface area contributed by atoms with Crippen molar-refractivity contribution in [3.63, 3.8) is 0 Å². The van der Waals surface area contributed by atoms with Crippen LogP contribution in [0.5, 0.6) is 0 Å². The Morgan fingerprint density at radius 1 is 1.11 bits per heavy atom. The molecule has 1 aromatic carbocycles. The number of rotatable bonds is 5. The Morgan fingerprint density at radius 3 is 2.44 bits per heavy atom. The first-order valence-corrected chi connectivity index (χ1v) is 13.0. The van der Waals surface area contributed by atoms with E-state index < -0.39 is 29.6 Å². The highest BCUT2D eigenvalue weighted by Gasteiger charge is 2.40. The molecule has 4 atom stereocenters. The maximum atomic E-state index is 15.1. The summed E-state index contributed by atoms with van der Waals surface area (Å²) in [5, 5.41) is 5.30. The van der Waals surface area contributed by atoms with Gasteiger partial charge in [0.2, 0.25) is 11.8 Å². The van der Waals surface area contributed by atoms with Crippen LogP contribution in [0.2, 0.25) is 0 Å². The summed E-state index contributed by atoms with van der Waals surface area (Å²) in [6, 6.07) is 4.16. The van der Waals surface area contributed by atoms with Crippen LogP contribution >= 0.6 is 0 Å². The zero-order chi connectivity index (χ0) is 26.0. The molecule has 4 unspecified atom stereocenters. The minimum Gasteiger partial charge on any atom is -0.460 e. The number of alkyl halides is 1. The van der Waals surface area contributed by atoms with Gasteiger partial charge in [0.15, 0.2) is 0 Å². The second-order valence-corrected chi connectivity index (χ2v) is 11.3. The number of anilines is 1. The highest BCUT2D eigenvalue weighted by molar-refractivity contribution is 6.01. The Bertz CT molecular complexity index is 988.